The number of hydrogen-bond donors (Lipinski definition) is 4. The number of ether oxygens (including phenoxy) is 1. The topological polar surface area (TPSA) is 205 Å². The molecule has 2 aromatic carbocycles. The number of anilines is 2. The fraction of sp³-hybridized carbons (Fsp3) is 0.483. The monoisotopic (exact) mass is 1090 g/mol. The number of H-pyrrole nitrogens is 1. The molecule has 414 valence electrons. The van der Waals surface area contributed by atoms with Gasteiger partial charge < -0.3 is 49.4 Å². The summed E-state index contributed by atoms with van der Waals surface area (Å²) in [5.74, 6) is 2.13. The second-order valence-corrected chi connectivity index (χ2v) is 23.9. The number of aryl methyl sites for hydroxylation is 1. The Morgan fingerprint density at radius 2 is 1.65 bits per heavy atom. The van der Waals surface area contributed by atoms with Gasteiger partial charge in [-0.05, 0) is 118 Å². The van der Waals surface area contributed by atoms with E-state index in [0.29, 0.717) is 34.7 Å². The van der Waals surface area contributed by atoms with Crippen LogP contribution >= 0.6 is 11.3 Å². The van der Waals surface area contributed by atoms with Crippen molar-refractivity contribution in [3.05, 3.63) is 113 Å². The fourth-order valence-electron chi connectivity index (χ4n) is 12.8. The van der Waals surface area contributed by atoms with Crippen molar-refractivity contribution >= 4 is 45.7 Å². The molecule has 12 rings (SSSR count). The number of aromatic hydroxyl groups is 1. The Morgan fingerprint density at radius 3 is 2.41 bits per heavy atom. The molecular formula is C60H72N12O6S. The lowest BCUT2D eigenvalue weighted by Crippen LogP contribution is -2.49. The number of phenolic OH excluding ortho intramolecular Hbond substituents is 1. The number of piperidine rings is 1. The second kappa shape index (κ2) is 22.7. The number of carbonyl (C=O) groups is 2. The third-order valence-electron chi connectivity index (χ3n) is 17.3. The van der Waals surface area contributed by atoms with Crippen molar-refractivity contribution < 1.29 is 29.1 Å². The number of fused-ring (bicyclic) bond motifs is 3. The largest absolute Gasteiger partial charge is 0.507 e. The number of β-amino-alcohol motifs (C(OH)–C–C–N with tert-alkyl or cyclic N) is 1. The predicted molar refractivity (Wildman–Crippen MR) is 304 cm³/mol. The van der Waals surface area contributed by atoms with Crippen LogP contribution in [0.1, 0.15) is 93.1 Å². The second-order valence-electron chi connectivity index (χ2n) is 23.0. The molecule has 4 aliphatic heterocycles. The van der Waals surface area contributed by atoms with Crippen molar-refractivity contribution in [3.63, 3.8) is 0 Å². The van der Waals surface area contributed by atoms with Crippen LogP contribution in [0.3, 0.4) is 0 Å². The Hall–Kier alpha value is -6.93. The molecule has 5 aromatic heterocycles. The zero-order chi connectivity index (χ0) is 54.3. The molecule has 1 aliphatic carbocycles. The number of nitrogens with one attached hydrogen (secondary N) is 2. The number of aliphatic hydroxyl groups is 1. The van der Waals surface area contributed by atoms with Gasteiger partial charge in [-0.1, -0.05) is 55.4 Å². The van der Waals surface area contributed by atoms with Crippen LogP contribution < -0.4 is 19.9 Å². The molecule has 79 heavy (non-hydrogen) atoms. The summed E-state index contributed by atoms with van der Waals surface area (Å²) < 4.78 is 12.4. The Morgan fingerprint density at radius 1 is 0.873 bits per heavy atom. The van der Waals surface area contributed by atoms with Gasteiger partial charge in [0, 0.05) is 99.4 Å². The number of hydrogen-bond acceptors (Lipinski definition) is 16. The average molecular weight is 1090 g/mol. The number of thiazole rings is 1. The van der Waals surface area contributed by atoms with E-state index < -0.39 is 18.1 Å². The van der Waals surface area contributed by atoms with Gasteiger partial charge in [-0.3, -0.25) is 14.5 Å². The SMILES string of the molecule is Cc1ncsc1-c1ccc([C@H](C)NC(=O)[C@@H]2C[C@@H](O)CN2C(=O)[C@@H](c2cc(N3CCN(CC4CCN(C[C@H]5C[C@H](Oc6cc(N7CCc8c([nH]c9nnc(-c%10ccccc%10O)cc89)C7)ccn6)C5)CC4)CC3)no2)C(C)C)cc1. The molecule has 2 amide bonds. The maximum Gasteiger partial charge on any atom is 0.243 e. The quantitative estimate of drug-likeness (QED) is 0.0724. The molecule has 7 aromatic rings. The Bertz CT molecular complexity index is 3270. The van der Waals surface area contributed by atoms with Crippen molar-refractivity contribution in [2.24, 2.45) is 17.8 Å². The van der Waals surface area contributed by atoms with Gasteiger partial charge in [-0.25, -0.2) is 9.97 Å². The molecule has 5 aliphatic rings. The Labute approximate surface area is 465 Å². The van der Waals surface area contributed by atoms with E-state index in [1.807, 2.05) is 94.0 Å². The lowest BCUT2D eigenvalue weighted by Gasteiger charge is -2.42. The zero-order valence-electron chi connectivity index (χ0n) is 45.6. The molecule has 0 spiro atoms. The Kier molecular flexibility index (Phi) is 15.1. The number of likely N-dealkylation sites (tertiary alicyclic amines) is 2. The number of phenols is 1. The summed E-state index contributed by atoms with van der Waals surface area (Å²) in [6.45, 7) is 17.6. The predicted octanol–water partition coefficient (Wildman–Crippen LogP) is 7.98. The number of nitrogens with zero attached hydrogens (tertiary/aromatic N) is 10. The van der Waals surface area contributed by atoms with Crippen LogP contribution in [0.5, 0.6) is 11.6 Å². The van der Waals surface area contributed by atoms with Gasteiger partial charge in [0.1, 0.15) is 23.8 Å². The number of aromatic amines is 1. The highest BCUT2D eigenvalue weighted by atomic mass is 32.1. The third kappa shape index (κ3) is 11.3. The van der Waals surface area contributed by atoms with Gasteiger partial charge in [0.05, 0.1) is 40.5 Å². The first kappa shape index (κ1) is 52.8. The fourth-order valence-corrected chi connectivity index (χ4v) is 13.6. The first-order valence-electron chi connectivity index (χ1n) is 28.4. The van der Waals surface area contributed by atoms with Crippen LogP contribution in [0.15, 0.2) is 89.0 Å². The normalized spacial score (nSPS) is 22.0. The molecular weight excluding hydrogens is 1020 g/mol. The summed E-state index contributed by atoms with van der Waals surface area (Å²) in [4.78, 5) is 53.2. The van der Waals surface area contributed by atoms with E-state index in [-0.39, 0.29) is 48.6 Å². The maximum absolute atomic E-state index is 14.4. The molecule has 19 heteroatoms. The molecule has 9 heterocycles. The van der Waals surface area contributed by atoms with Crippen LogP contribution in [0.4, 0.5) is 11.5 Å². The molecule has 4 atom stereocenters. The van der Waals surface area contributed by atoms with Crippen LogP contribution in [0.25, 0.3) is 32.7 Å². The minimum absolute atomic E-state index is 0.0880. The van der Waals surface area contributed by atoms with Crippen LogP contribution in [0, 0.1) is 24.7 Å². The van der Waals surface area contributed by atoms with E-state index in [4.69, 9.17) is 9.26 Å². The zero-order valence-corrected chi connectivity index (χ0v) is 46.4. The van der Waals surface area contributed by atoms with Crippen LogP contribution in [0.2, 0.25) is 0 Å². The van der Waals surface area contributed by atoms with Gasteiger partial charge in [0.25, 0.3) is 0 Å². The first-order valence-corrected chi connectivity index (χ1v) is 29.2. The van der Waals surface area contributed by atoms with Crippen molar-refractivity contribution in [2.75, 3.05) is 75.2 Å². The van der Waals surface area contributed by atoms with Crippen molar-refractivity contribution in [1.29, 1.82) is 0 Å². The van der Waals surface area contributed by atoms with Crippen molar-refractivity contribution in [3.8, 4) is 33.3 Å². The highest BCUT2D eigenvalue weighted by Crippen LogP contribution is 2.38. The van der Waals surface area contributed by atoms with Crippen molar-refractivity contribution in [2.45, 2.75) is 103 Å². The van der Waals surface area contributed by atoms with E-state index in [2.05, 4.69) is 67.4 Å². The van der Waals surface area contributed by atoms with Gasteiger partial charge in [0.2, 0.25) is 17.7 Å². The van der Waals surface area contributed by atoms with E-state index in [0.717, 1.165) is 135 Å². The van der Waals surface area contributed by atoms with E-state index >= 15 is 0 Å². The third-order valence-corrected chi connectivity index (χ3v) is 18.3. The number of carbonyl (C=O) groups excluding carboxylic acids is 2. The minimum atomic E-state index is -0.799. The number of piperazine rings is 1. The number of amides is 2. The molecule has 4 fully saturated rings. The van der Waals surface area contributed by atoms with E-state index in [1.165, 1.54) is 18.4 Å². The number of pyridine rings is 1. The van der Waals surface area contributed by atoms with Gasteiger partial charge >= 0.3 is 0 Å². The number of aliphatic hydroxyl groups excluding tert-OH is 1. The molecule has 4 N–H and O–H groups in total. The molecule has 0 bridgehead atoms. The van der Waals surface area contributed by atoms with Crippen LogP contribution in [-0.2, 0) is 22.6 Å². The van der Waals surface area contributed by atoms with E-state index in [1.54, 1.807) is 22.3 Å². The molecule has 0 radical (unpaired) electrons. The van der Waals surface area contributed by atoms with Crippen LogP contribution in [-0.4, -0.2) is 151 Å². The molecule has 3 saturated heterocycles. The molecule has 1 saturated carbocycles. The summed E-state index contributed by atoms with van der Waals surface area (Å²) in [5, 5.41) is 38.8. The van der Waals surface area contributed by atoms with E-state index in [9.17, 15) is 19.8 Å². The Balaban J connectivity index is 0.565. The summed E-state index contributed by atoms with van der Waals surface area (Å²) in [6, 6.07) is 22.3. The summed E-state index contributed by atoms with van der Waals surface area (Å²) in [5.41, 5.74) is 10.5. The van der Waals surface area contributed by atoms with Gasteiger partial charge in [0.15, 0.2) is 17.2 Å². The standard InChI is InChI=1S/C60H72N12O6S/c1-36(2)56(60(76)72-33-44(73)28-51(72)59(75)63-37(3)41-9-11-42(12-10-41)57-38(4)62-35-79-57)53-30-54(67-78-53)70-23-21-69(22-24-70)31-39-14-18-68(19-15-39)32-40-25-45(26-40)77-55-27-43(13-17-61-55)71-20-16-46-48-29-49(47-7-5-6-8-52(47)74)65-66-58(48)64-50(46)34-71/h5-13,17,27,29-30,35-37,39-40,44-45,51,56,73-74H,14-16,18-26,28,31-34H2,1-4H3,(H,63,75)(H,64,66)/t37-,40-,44+,45-,51-,56+/m0/s1. The summed E-state index contributed by atoms with van der Waals surface area (Å²) in [6.07, 6.45) is 6.81. The first-order chi connectivity index (χ1) is 38.4. The lowest BCUT2D eigenvalue weighted by atomic mass is 9.81. The van der Waals surface area contributed by atoms with Gasteiger partial charge in [-0.2, -0.15) is 0 Å². The number of aromatic nitrogens is 6. The summed E-state index contributed by atoms with van der Waals surface area (Å²) >= 11 is 1.60. The number of rotatable bonds is 16. The minimum Gasteiger partial charge on any atom is -0.507 e. The van der Waals surface area contributed by atoms with Gasteiger partial charge in [-0.15, -0.1) is 21.5 Å². The number of para-hydroxylation sites is 1. The highest BCUT2D eigenvalue weighted by Gasteiger charge is 2.44. The van der Waals surface area contributed by atoms with Crippen molar-refractivity contribution in [1.82, 2.24) is 50.3 Å². The summed E-state index contributed by atoms with van der Waals surface area (Å²) in [7, 11) is 0. The number of benzene rings is 2. The lowest BCUT2D eigenvalue weighted by molar-refractivity contribution is -0.141. The highest BCUT2D eigenvalue weighted by molar-refractivity contribution is 7.13. The maximum atomic E-state index is 14.4. The average Bonchev–Trinajstić information content (AvgIpc) is 4.33. The molecule has 0 unspecified atom stereocenters. The molecule has 18 nitrogen and oxygen atoms in total. The smallest absolute Gasteiger partial charge is 0.243 e.